The molecule has 6 nitrogen and oxygen atoms in total. The molecule has 0 radical (unpaired) electrons. The van der Waals surface area contributed by atoms with E-state index in [1.165, 1.54) is 6.92 Å². The van der Waals surface area contributed by atoms with Crippen LogP contribution in [0.2, 0.25) is 0 Å². The van der Waals surface area contributed by atoms with Crippen LogP contribution >= 0.6 is 11.8 Å². The summed E-state index contributed by atoms with van der Waals surface area (Å²) in [6, 6.07) is 20.6. The quantitative estimate of drug-likeness (QED) is 0.346. The van der Waals surface area contributed by atoms with Crippen LogP contribution in [-0.2, 0) is 20.9 Å². The van der Waals surface area contributed by atoms with Crippen LogP contribution in [-0.4, -0.2) is 34.7 Å². The molecule has 3 aromatic rings. The lowest BCUT2D eigenvalue weighted by Crippen LogP contribution is -2.42. The third-order valence-corrected chi connectivity index (χ3v) is 6.14. The summed E-state index contributed by atoms with van der Waals surface area (Å²) in [6.45, 7) is 3.69. The van der Waals surface area contributed by atoms with E-state index in [2.05, 4.69) is 24.3 Å². The molecule has 0 unspecified atom stereocenters. The molecule has 1 aliphatic heterocycles. The number of ether oxygens (including phenoxy) is 2. The van der Waals surface area contributed by atoms with E-state index in [-0.39, 0.29) is 11.5 Å². The molecule has 0 spiro atoms. The Morgan fingerprint density at radius 2 is 1.76 bits per heavy atom. The highest BCUT2D eigenvalue weighted by Crippen LogP contribution is 2.35. The first-order valence-electron chi connectivity index (χ1n) is 10.6. The maximum Gasteiger partial charge on any atom is 0.329 e. The van der Waals surface area contributed by atoms with Crippen LogP contribution in [0.5, 0.6) is 5.75 Å². The van der Waals surface area contributed by atoms with Gasteiger partial charge in [-0.15, -0.1) is 0 Å². The second-order valence-corrected chi connectivity index (χ2v) is 8.48. The summed E-state index contributed by atoms with van der Waals surface area (Å²) in [6.07, 6.45) is 1.62. The summed E-state index contributed by atoms with van der Waals surface area (Å²) in [5.41, 5.74) is 1.69. The number of thioether (sulfide) groups is 1. The Morgan fingerprint density at radius 3 is 2.55 bits per heavy atom. The van der Waals surface area contributed by atoms with E-state index >= 15 is 0 Å². The number of hydrogen-bond donors (Lipinski definition) is 0. The fraction of sp³-hybridized carbons (Fsp3) is 0.192. The predicted octanol–water partition coefficient (Wildman–Crippen LogP) is 5.41. The summed E-state index contributed by atoms with van der Waals surface area (Å²) in [5.74, 6) is -0.536. The van der Waals surface area contributed by atoms with E-state index < -0.39 is 23.2 Å². The van der Waals surface area contributed by atoms with Crippen molar-refractivity contribution in [1.29, 1.82) is 0 Å². The Balaban J connectivity index is 1.52. The summed E-state index contributed by atoms with van der Waals surface area (Å²) >= 11 is 0.800. The van der Waals surface area contributed by atoms with Gasteiger partial charge in [0.25, 0.3) is 11.1 Å². The zero-order valence-corrected chi connectivity index (χ0v) is 19.1. The van der Waals surface area contributed by atoms with Crippen molar-refractivity contribution >= 4 is 45.7 Å². The molecule has 1 heterocycles. The van der Waals surface area contributed by atoms with Gasteiger partial charge >= 0.3 is 5.97 Å². The minimum Gasteiger partial charge on any atom is -0.488 e. The minimum absolute atomic E-state index is 0.178. The van der Waals surface area contributed by atoms with Crippen LogP contribution in [0.1, 0.15) is 25.0 Å². The second kappa shape index (κ2) is 9.92. The molecule has 33 heavy (non-hydrogen) atoms. The van der Waals surface area contributed by atoms with Gasteiger partial charge in [0, 0.05) is 5.56 Å². The van der Waals surface area contributed by atoms with Gasteiger partial charge in [0.2, 0.25) is 0 Å². The Labute approximate surface area is 196 Å². The Morgan fingerprint density at radius 1 is 1.03 bits per heavy atom. The smallest absolute Gasteiger partial charge is 0.329 e. The topological polar surface area (TPSA) is 72.9 Å². The maximum atomic E-state index is 12.9. The molecule has 1 atom stereocenters. The van der Waals surface area contributed by atoms with Crippen molar-refractivity contribution in [2.24, 2.45) is 0 Å². The highest BCUT2D eigenvalue weighted by atomic mass is 32.2. The molecule has 168 valence electrons. The van der Waals surface area contributed by atoms with Gasteiger partial charge in [-0.25, -0.2) is 4.79 Å². The Kier molecular flexibility index (Phi) is 6.79. The molecule has 0 aliphatic carbocycles. The number of hydrogen-bond acceptors (Lipinski definition) is 6. The number of amides is 2. The lowest BCUT2D eigenvalue weighted by molar-refractivity contribution is -0.150. The molecule has 1 fully saturated rings. The van der Waals surface area contributed by atoms with E-state index in [4.69, 9.17) is 9.47 Å². The number of fused-ring (bicyclic) bond motifs is 1. The molecule has 3 aromatic carbocycles. The number of benzene rings is 3. The van der Waals surface area contributed by atoms with Crippen molar-refractivity contribution < 1.29 is 23.9 Å². The van der Waals surface area contributed by atoms with E-state index in [1.807, 2.05) is 42.5 Å². The van der Waals surface area contributed by atoms with Gasteiger partial charge in [0.15, 0.2) is 0 Å². The Hall–Kier alpha value is -3.58. The van der Waals surface area contributed by atoms with Gasteiger partial charge in [-0.3, -0.25) is 14.5 Å². The monoisotopic (exact) mass is 461 g/mol. The number of carbonyl (C=O) groups excluding carboxylic acids is 3. The van der Waals surface area contributed by atoms with Crippen LogP contribution in [0.3, 0.4) is 0 Å². The lowest BCUT2D eigenvalue weighted by Gasteiger charge is -2.19. The highest BCUT2D eigenvalue weighted by molar-refractivity contribution is 8.18. The molecule has 7 heteroatoms. The van der Waals surface area contributed by atoms with Crippen LogP contribution in [0.15, 0.2) is 71.6 Å². The zero-order valence-electron chi connectivity index (χ0n) is 18.3. The van der Waals surface area contributed by atoms with Crippen molar-refractivity contribution in [3.63, 3.8) is 0 Å². The summed E-state index contributed by atoms with van der Waals surface area (Å²) in [7, 11) is 0. The van der Waals surface area contributed by atoms with E-state index in [0.717, 1.165) is 33.0 Å². The molecule has 0 bridgehead atoms. The third-order valence-electron chi connectivity index (χ3n) is 5.25. The molecule has 2 amide bonds. The molecule has 1 aliphatic rings. The van der Waals surface area contributed by atoms with Crippen molar-refractivity contribution in [2.75, 3.05) is 6.61 Å². The molecular weight excluding hydrogens is 438 g/mol. The van der Waals surface area contributed by atoms with E-state index in [1.54, 1.807) is 13.0 Å². The molecule has 0 saturated carbocycles. The van der Waals surface area contributed by atoms with Crippen molar-refractivity contribution in [2.45, 2.75) is 26.5 Å². The van der Waals surface area contributed by atoms with Crippen LogP contribution in [0.25, 0.3) is 16.8 Å². The molecular formula is C26H23NO5S. The largest absolute Gasteiger partial charge is 0.488 e. The van der Waals surface area contributed by atoms with E-state index in [0.29, 0.717) is 17.9 Å². The highest BCUT2D eigenvalue weighted by Gasteiger charge is 2.41. The summed E-state index contributed by atoms with van der Waals surface area (Å²) < 4.78 is 11.0. The standard InChI is InChI=1S/C26H23NO5S/c1-3-31-25(29)17(2)27-24(28)23(33-26(27)30)15-21-10-6-7-11-22(21)32-16-18-12-13-19-8-4-5-9-20(19)14-18/h4-15,17H,3,16H2,1-2H3/b23-15+/t17-/m1/s1. The number of esters is 1. The third kappa shape index (κ3) is 4.93. The van der Waals surface area contributed by atoms with Crippen LogP contribution in [0, 0.1) is 0 Å². The van der Waals surface area contributed by atoms with Crippen LogP contribution < -0.4 is 4.74 Å². The van der Waals surface area contributed by atoms with Crippen LogP contribution in [0.4, 0.5) is 4.79 Å². The number of imide groups is 1. The molecule has 0 N–H and O–H groups in total. The average molecular weight is 462 g/mol. The molecule has 1 saturated heterocycles. The summed E-state index contributed by atoms with van der Waals surface area (Å²) in [4.78, 5) is 38.5. The summed E-state index contributed by atoms with van der Waals surface area (Å²) in [5, 5.41) is 1.80. The van der Waals surface area contributed by atoms with E-state index in [9.17, 15) is 14.4 Å². The van der Waals surface area contributed by atoms with Gasteiger partial charge in [0.05, 0.1) is 11.5 Å². The van der Waals surface area contributed by atoms with Crippen molar-refractivity contribution in [1.82, 2.24) is 4.90 Å². The zero-order chi connectivity index (χ0) is 23.4. The van der Waals surface area contributed by atoms with Gasteiger partial charge in [-0.2, -0.15) is 0 Å². The maximum absolute atomic E-state index is 12.9. The second-order valence-electron chi connectivity index (χ2n) is 7.49. The fourth-order valence-corrected chi connectivity index (χ4v) is 4.44. The normalized spacial score (nSPS) is 15.8. The number of nitrogens with zero attached hydrogens (tertiary/aromatic N) is 1. The van der Waals surface area contributed by atoms with Crippen molar-refractivity contribution in [3.8, 4) is 5.75 Å². The fourth-order valence-electron chi connectivity index (χ4n) is 3.54. The number of carbonyl (C=O) groups is 3. The predicted molar refractivity (Wildman–Crippen MR) is 129 cm³/mol. The SMILES string of the molecule is CCOC(=O)[C@@H](C)N1C(=O)S/C(=C/c2ccccc2OCc2ccc3ccccc3c2)C1=O. The first-order valence-corrected chi connectivity index (χ1v) is 11.4. The van der Waals surface area contributed by atoms with Crippen molar-refractivity contribution in [3.05, 3.63) is 82.8 Å². The lowest BCUT2D eigenvalue weighted by atomic mass is 10.1. The number of para-hydroxylation sites is 1. The van der Waals surface area contributed by atoms with Gasteiger partial charge < -0.3 is 9.47 Å². The Bertz CT molecular complexity index is 1250. The molecule has 4 rings (SSSR count). The molecule has 0 aromatic heterocycles. The van der Waals surface area contributed by atoms with Gasteiger partial charge in [-0.05, 0) is 60.2 Å². The minimum atomic E-state index is -0.984. The van der Waals surface area contributed by atoms with Gasteiger partial charge in [0.1, 0.15) is 18.4 Å². The first-order chi connectivity index (χ1) is 16.0. The van der Waals surface area contributed by atoms with Gasteiger partial charge in [-0.1, -0.05) is 54.6 Å². The first kappa shape index (κ1) is 22.6. The number of rotatable bonds is 7. The average Bonchev–Trinajstić information content (AvgIpc) is 3.10.